The molecule has 1 saturated heterocycles. The highest BCUT2D eigenvalue weighted by atomic mass is 16.5. The van der Waals surface area contributed by atoms with Crippen molar-refractivity contribution in [2.24, 2.45) is 0 Å². The van der Waals surface area contributed by atoms with Crippen molar-refractivity contribution in [3.8, 4) is 5.75 Å². The fourth-order valence-electron chi connectivity index (χ4n) is 4.85. The van der Waals surface area contributed by atoms with Crippen molar-refractivity contribution in [2.75, 3.05) is 13.1 Å². The van der Waals surface area contributed by atoms with Crippen LogP contribution < -0.4 is 10.2 Å². The summed E-state index contributed by atoms with van der Waals surface area (Å²) in [5.74, 6) is 0.775. The lowest BCUT2D eigenvalue weighted by Gasteiger charge is -2.44. The Labute approximate surface area is 181 Å². The van der Waals surface area contributed by atoms with Crippen LogP contribution in [0, 0.1) is 6.92 Å². The van der Waals surface area contributed by atoms with Gasteiger partial charge in [0.15, 0.2) is 0 Å². The van der Waals surface area contributed by atoms with Gasteiger partial charge in [-0.15, -0.1) is 0 Å². The SMILES string of the molecule is CCn1cc(C(=O)N2CCC3(CCc4ccccc4O3)CC2)c(=O)c2ccc(C)nc21. The molecule has 160 valence electrons. The molecule has 0 N–H and O–H groups in total. The summed E-state index contributed by atoms with van der Waals surface area (Å²) < 4.78 is 8.30. The molecule has 1 spiro atoms. The number of benzene rings is 1. The number of para-hydroxylation sites is 1. The van der Waals surface area contributed by atoms with Gasteiger partial charge >= 0.3 is 0 Å². The highest BCUT2D eigenvalue weighted by molar-refractivity contribution is 5.97. The number of aromatic nitrogens is 2. The average molecular weight is 418 g/mol. The summed E-state index contributed by atoms with van der Waals surface area (Å²) in [5.41, 5.74) is 2.52. The first-order chi connectivity index (χ1) is 15.0. The van der Waals surface area contributed by atoms with Crippen LogP contribution in [-0.2, 0) is 13.0 Å². The molecule has 0 radical (unpaired) electrons. The Balaban J connectivity index is 1.39. The maximum atomic E-state index is 13.3. The third-order valence-electron chi connectivity index (χ3n) is 6.74. The molecule has 5 rings (SSSR count). The van der Waals surface area contributed by atoms with Crippen LogP contribution in [0.25, 0.3) is 11.0 Å². The van der Waals surface area contributed by atoms with Crippen molar-refractivity contribution in [1.29, 1.82) is 0 Å². The first kappa shape index (κ1) is 19.8. The number of carbonyl (C=O) groups excluding carboxylic acids is 1. The Bertz CT molecular complexity index is 1220. The molecule has 3 aromatic rings. The van der Waals surface area contributed by atoms with E-state index in [0.29, 0.717) is 30.7 Å². The zero-order chi connectivity index (χ0) is 21.6. The van der Waals surface area contributed by atoms with Crippen LogP contribution in [0.5, 0.6) is 5.75 Å². The minimum absolute atomic E-state index is 0.194. The Morgan fingerprint density at radius 1 is 1.13 bits per heavy atom. The van der Waals surface area contributed by atoms with Crippen molar-refractivity contribution in [3.63, 3.8) is 0 Å². The van der Waals surface area contributed by atoms with Gasteiger partial charge in [-0.3, -0.25) is 9.59 Å². The van der Waals surface area contributed by atoms with E-state index in [1.165, 1.54) is 5.56 Å². The second-order valence-electron chi connectivity index (χ2n) is 8.67. The molecule has 1 amide bonds. The largest absolute Gasteiger partial charge is 0.487 e. The van der Waals surface area contributed by atoms with Gasteiger partial charge in [0.2, 0.25) is 5.43 Å². The van der Waals surface area contributed by atoms with Gasteiger partial charge in [-0.25, -0.2) is 4.98 Å². The first-order valence-corrected chi connectivity index (χ1v) is 11.1. The third kappa shape index (κ3) is 3.40. The number of nitrogens with zero attached hydrogens (tertiary/aromatic N) is 3. The lowest BCUT2D eigenvalue weighted by molar-refractivity contribution is -0.0107. The van der Waals surface area contributed by atoms with Gasteiger partial charge in [0.05, 0.1) is 5.39 Å². The molecule has 2 aliphatic heterocycles. The maximum Gasteiger partial charge on any atom is 0.259 e. The number of hydrogen-bond donors (Lipinski definition) is 0. The summed E-state index contributed by atoms with van der Waals surface area (Å²) in [6.45, 7) is 5.72. The van der Waals surface area contributed by atoms with Gasteiger partial charge in [0.1, 0.15) is 22.6 Å². The molecule has 1 aromatic carbocycles. The number of pyridine rings is 2. The molecular formula is C25H27N3O3. The van der Waals surface area contributed by atoms with Crippen LogP contribution in [0.3, 0.4) is 0 Å². The predicted octanol–water partition coefficient (Wildman–Crippen LogP) is 3.72. The molecule has 31 heavy (non-hydrogen) atoms. The maximum absolute atomic E-state index is 13.3. The molecule has 6 heteroatoms. The number of likely N-dealkylation sites (tertiary alicyclic amines) is 1. The van der Waals surface area contributed by atoms with E-state index < -0.39 is 0 Å². The topological polar surface area (TPSA) is 64.4 Å². The van der Waals surface area contributed by atoms with E-state index in [9.17, 15) is 9.59 Å². The van der Waals surface area contributed by atoms with E-state index in [4.69, 9.17) is 4.74 Å². The molecule has 6 nitrogen and oxygen atoms in total. The molecule has 2 aromatic heterocycles. The third-order valence-corrected chi connectivity index (χ3v) is 6.74. The molecular weight excluding hydrogens is 390 g/mol. The van der Waals surface area contributed by atoms with Gasteiger partial charge < -0.3 is 14.2 Å². The number of hydrogen-bond acceptors (Lipinski definition) is 4. The van der Waals surface area contributed by atoms with Crippen LogP contribution in [0.1, 0.15) is 47.8 Å². The van der Waals surface area contributed by atoms with Gasteiger partial charge in [-0.2, -0.15) is 0 Å². The minimum Gasteiger partial charge on any atom is -0.487 e. The van der Waals surface area contributed by atoms with Crippen molar-refractivity contribution >= 4 is 16.9 Å². The molecule has 0 aliphatic carbocycles. The number of fused-ring (bicyclic) bond motifs is 2. The van der Waals surface area contributed by atoms with E-state index >= 15 is 0 Å². The smallest absolute Gasteiger partial charge is 0.259 e. The first-order valence-electron chi connectivity index (χ1n) is 11.1. The molecule has 2 aliphatic rings. The number of ether oxygens (including phenoxy) is 1. The van der Waals surface area contributed by atoms with Gasteiger partial charge in [0.25, 0.3) is 5.91 Å². The Morgan fingerprint density at radius 3 is 2.68 bits per heavy atom. The van der Waals surface area contributed by atoms with Crippen LogP contribution in [0.15, 0.2) is 47.4 Å². The van der Waals surface area contributed by atoms with Gasteiger partial charge in [0, 0.05) is 44.4 Å². The quantitative estimate of drug-likeness (QED) is 0.637. The monoisotopic (exact) mass is 417 g/mol. The fourth-order valence-corrected chi connectivity index (χ4v) is 4.85. The van der Waals surface area contributed by atoms with Crippen molar-refractivity contribution < 1.29 is 9.53 Å². The molecule has 0 saturated carbocycles. The predicted molar refractivity (Wildman–Crippen MR) is 120 cm³/mol. The van der Waals surface area contributed by atoms with E-state index in [1.807, 2.05) is 42.7 Å². The summed E-state index contributed by atoms with van der Waals surface area (Å²) >= 11 is 0. The normalized spacial score (nSPS) is 17.4. The average Bonchev–Trinajstić information content (AvgIpc) is 2.79. The molecule has 4 heterocycles. The number of amides is 1. The molecule has 1 fully saturated rings. The number of aryl methyl sites for hydroxylation is 3. The minimum atomic E-state index is -0.236. The lowest BCUT2D eigenvalue weighted by Crippen LogP contribution is -2.51. The molecule has 0 atom stereocenters. The molecule has 0 unspecified atom stereocenters. The second kappa shape index (κ2) is 7.52. The van der Waals surface area contributed by atoms with E-state index in [-0.39, 0.29) is 22.5 Å². The zero-order valence-electron chi connectivity index (χ0n) is 18.1. The summed E-state index contributed by atoms with van der Waals surface area (Å²) in [4.78, 5) is 32.7. The summed E-state index contributed by atoms with van der Waals surface area (Å²) in [5, 5.41) is 0.499. The Kier molecular flexibility index (Phi) is 4.80. The number of carbonyl (C=O) groups is 1. The highest BCUT2D eigenvalue weighted by Crippen LogP contribution is 2.39. The van der Waals surface area contributed by atoms with Crippen molar-refractivity contribution in [3.05, 3.63) is 69.6 Å². The zero-order valence-corrected chi connectivity index (χ0v) is 18.1. The van der Waals surface area contributed by atoms with Crippen LogP contribution in [0.4, 0.5) is 0 Å². The van der Waals surface area contributed by atoms with Crippen LogP contribution in [0.2, 0.25) is 0 Å². The van der Waals surface area contributed by atoms with Crippen LogP contribution >= 0.6 is 0 Å². The molecule has 0 bridgehead atoms. The second-order valence-corrected chi connectivity index (χ2v) is 8.67. The Hall–Kier alpha value is -3.15. The fraction of sp³-hybridized carbons (Fsp3) is 0.400. The summed E-state index contributed by atoms with van der Waals surface area (Å²) in [6.07, 6.45) is 5.21. The van der Waals surface area contributed by atoms with Crippen molar-refractivity contribution in [2.45, 2.75) is 51.7 Å². The lowest BCUT2D eigenvalue weighted by atomic mass is 9.83. The van der Waals surface area contributed by atoms with Crippen LogP contribution in [-0.4, -0.2) is 39.0 Å². The summed E-state index contributed by atoms with van der Waals surface area (Å²) in [6, 6.07) is 11.8. The number of piperidine rings is 1. The Morgan fingerprint density at radius 2 is 1.90 bits per heavy atom. The van der Waals surface area contributed by atoms with Crippen molar-refractivity contribution in [1.82, 2.24) is 14.5 Å². The van der Waals surface area contributed by atoms with E-state index in [2.05, 4.69) is 11.1 Å². The highest BCUT2D eigenvalue weighted by Gasteiger charge is 2.40. The summed E-state index contributed by atoms with van der Waals surface area (Å²) in [7, 11) is 0. The standard InChI is InChI=1S/C25H27N3O3/c1-3-27-16-20(22(29)19-9-8-17(2)26-23(19)27)24(30)28-14-12-25(13-15-28)11-10-18-6-4-5-7-21(18)31-25/h4-9,16H,3,10-15H2,1-2H3. The van der Waals surface area contributed by atoms with Gasteiger partial charge in [-0.1, -0.05) is 18.2 Å². The van der Waals surface area contributed by atoms with E-state index in [0.717, 1.165) is 37.1 Å². The van der Waals surface area contributed by atoms with Gasteiger partial charge in [-0.05, 0) is 50.5 Å². The number of rotatable bonds is 2. The van der Waals surface area contributed by atoms with E-state index in [1.54, 1.807) is 17.2 Å².